The van der Waals surface area contributed by atoms with E-state index in [0.29, 0.717) is 12.4 Å². The van der Waals surface area contributed by atoms with Crippen molar-refractivity contribution in [2.45, 2.75) is 16.3 Å². The van der Waals surface area contributed by atoms with Crippen LogP contribution in [0.1, 0.15) is 6.42 Å². The van der Waals surface area contributed by atoms with Gasteiger partial charge >= 0.3 is 0 Å². The van der Waals surface area contributed by atoms with Crippen LogP contribution in [0.4, 0.5) is 5.88 Å². The van der Waals surface area contributed by atoms with Crippen molar-refractivity contribution in [3.63, 3.8) is 0 Å². The zero-order valence-electron chi connectivity index (χ0n) is 14.7. The molecule has 0 saturated heterocycles. The third-order valence-electron chi connectivity index (χ3n) is 3.70. The second-order valence-electron chi connectivity index (χ2n) is 6.03. The minimum Gasteiger partial charge on any atom is -0.418 e. The predicted octanol–water partition coefficient (Wildman–Crippen LogP) is 3.60. The van der Waals surface area contributed by atoms with Gasteiger partial charge in [0.25, 0.3) is 0 Å². The van der Waals surface area contributed by atoms with Crippen LogP contribution in [-0.2, 0) is 9.84 Å². The molecule has 1 N–H and O–H groups in total. The molecule has 0 spiro atoms. The van der Waals surface area contributed by atoms with Gasteiger partial charge in [0, 0.05) is 6.54 Å². The highest BCUT2D eigenvalue weighted by Gasteiger charge is 2.28. The predicted molar refractivity (Wildman–Crippen MR) is 103 cm³/mol. The molecule has 1 aromatic carbocycles. The van der Waals surface area contributed by atoms with Gasteiger partial charge in [0.05, 0.1) is 9.77 Å². The maximum Gasteiger partial charge on any atom is 0.240 e. The quantitative estimate of drug-likeness (QED) is 0.591. The molecule has 8 heteroatoms. The van der Waals surface area contributed by atoms with E-state index in [2.05, 4.69) is 15.2 Å². The molecule has 0 aliphatic carbocycles. The Morgan fingerprint density at radius 3 is 2.58 bits per heavy atom. The first-order chi connectivity index (χ1) is 12.5. The summed E-state index contributed by atoms with van der Waals surface area (Å²) in [6.07, 6.45) is 0.854. The minimum absolute atomic E-state index is 0.0723. The Labute approximate surface area is 157 Å². The smallest absolute Gasteiger partial charge is 0.240 e. The molecule has 26 heavy (non-hydrogen) atoms. The molecule has 3 rings (SSSR count). The first-order valence-corrected chi connectivity index (χ1v) is 10.6. The summed E-state index contributed by atoms with van der Waals surface area (Å²) < 4.78 is 31.8. The van der Waals surface area contributed by atoms with Crippen molar-refractivity contribution in [3.8, 4) is 10.8 Å². The lowest BCUT2D eigenvalue weighted by Crippen LogP contribution is -2.17. The van der Waals surface area contributed by atoms with E-state index < -0.39 is 9.84 Å². The summed E-state index contributed by atoms with van der Waals surface area (Å²) in [6, 6.07) is 12.0. The van der Waals surface area contributed by atoms with E-state index in [1.54, 1.807) is 30.3 Å². The van der Waals surface area contributed by atoms with Crippen LogP contribution < -0.4 is 5.32 Å². The average Bonchev–Trinajstić information content (AvgIpc) is 3.29. The number of benzene rings is 1. The van der Waals surface area contributed by atoms with Crippen LogP contribution in [-0.4, -0.2) is 45.5 Å². The van der Waals surface area contributed by atoms with Crippen LogP contribution in [0.15, 0.2) is 62.2 Å². The molecule has 0 radical (unpaired) electrons. The van der Waals surface area contributed by atoms with Crippen LogP contribution >= 0.6 is 11.3 Å². The van der Waals surface area contributed by atoms with E-state index in [4.69, 9.17) is 4.42 Å². The number of nitrogens with zero attached hydrogens (tertiary/aromatic N) is 2. The number of thiophene rings is 1. The second kappa shape index (κ2) is 8.03. The van der Waals surface area contributed by atoms with Gasteiger partial charge in [-0.3, -0.25) is 0 Å². The second-order valence-corrected chi connectivity index (χ2v) is 8.84. The first-order valence-electron chi connectivity index (χ1n) is 8.22. The zero-order chi connectivity index (χ0) is 18.6. The van der Waals surface area contributed by atoms with E-state index in [0.717, 1.165) is 17.8 Å². The Hall–Kier alpha value is -2.16. The normalized spacial score (nSPS) is 11.8. The fourth-order valence-electron chi connectivity index (χ4n) is 2.41. The molecule has 0 fully saturated rings. The molecular weight excluding hydrogens is 370 g/mol. The van der Waals surface area contributed by atoms with Crippen LogP contribution in [0.3, 0.4) is 0 Å². The Kier molecular flexibility index (Phi) is 5.75. The summed E-state index contributed by atoms with van der Waals surface area (Å²) in [7, 11) is 0.223. The van der Waals surface area contributed by atoms with E-state index in [9.17, 15) is 8.42 Å². The highest BCUT2D eigenvalue weighted by atomic mass is 32.2. The summed E-state index contributed by atoms with van der Waals surface area (Å²) in [5, 5.41) is 4.92. The molecule has 2 aromatic heterocycles. The van der Waals surface area contributed by atoms with E-state index in [-0.39, 0.29) is 15.8 Å². The topological polar surface area (TPSA) is 75.4 Å². The summed E-state index contributed by atoms with van der Waals surface area (Å²) in [4.78, 5) is 7.35. The van der Waals surface area contributed by atoms with Gasteiger partial charge in [-0.25, -0.2) is 8.42 Å². The standard InChI is InChI=1S/C18H21N3O3S2/c1-21(2)12-7-11-19-17-18(20-16(24-17)15-10-6-13-25-15)26(22,23)14-8-4-3-5-9-14/h3-6,8-10,13,19H,7,11-12H2,1-2H3. The molecule has 2 heterocycles. The largest absolute Gasteiger partial charge is 0.418 e. The molecule has 0 amide bonds. The van der Waals surface area contributed by atoms with Gasteiger partial charge in [-0.1, -0.05) is 24.3 Å². The van der Waals surface area contributed by atoms with Crippen LogP contribution in [0, 0.1) is 0 Å². The fraction of sp³-hybridized carbons (Fsp3) is 0.278. The van der Waals surface area contributed by atoms with Crippen molar-refractivity contribution >= 4 is 27.1 Å². The number of sulfone groups is 1. The Morgan fingerprint density at radius 1 is 1.15 bits per heavy atom. The molecule has 0 unspecified atom stereocenters. The number of anilines is 1. The third kappa shape index (κ3) is 4.14. The van der Waals surface area contributed by atoms with E-state index in [1.807, 2.05) is 31.6 Å². The molecule has 0 saturated carbocycles. The van der Waals surface area contributed by atoms with E-state index in [1.165, 1.54) is 11.3 Å². The molecule has 0 aliphatic heterocycles. The number of aromatic nitrogens is 1. The maximum absolute atomic E-state index is 13.0. The van der Waals surface area contributed by atoms with Crippen molar-refractivity contribution in [1.29, 1.82) is 0 Å². The first kappa shape index (κ1) is 18.6. The molecule has 138 valence electrons. The van der Waals surface area contributed by atoms with Crippen LogP contribution in [0.2, 0.25) is 0 Å². The van der Waals surface area contributed by atoms with Gasteiger partial charge in [0.1, 0.15) is 0 Å². The number of hydrogen-bond donors (Lipinski definition) is 1. The number of hydrogen-bond acceptors (Lipinski definition) is 7. The summed E-state index contributed by atoms with van der Waals surface area (Å²) in [5.74, 6) is 0.501. The summed E-state index contributed by atoms with van der Waals surface area (Å²) in [5.41, 5.74) is 0. The van der Waals surface area contributed by atoms with Gasteiger partial charge in [-0.15, -0.1) is 11.3 Å². The monoisotopic (exact) mass is 391 g/mol. The molecule has 0 bridgehead atoms. The Bertz CT molecular complexity index is 933. The number of rotatable bonds is 8. The molecule has 6 nitrogen and oxygen atoms in total. The maximum atomic E-state index is 13.0. The SMILES string of the molecule is CN(C)CCCNc1oc(-c2cccs2)nc1S(=O)(=O)c1ccccc1. The van der Waals surface area contributed by atoms with Crippen LogP contribution in [0.5, 0.6) is 0 Å². The Balaban J connectivity index is 1.94. The summed E-state index contributed by atoms with van der Waals surface area (Å²) >= 11 is 1.45. The third-order valence-corrected chi connectivity index (χ3v) is 6.24. The highest BCUT2D eigenvalue weighted by Crippen LogP contribution is 2.33. The van der Waals surface area contributed by atoms with Crippen molar-refractivity contribution in [3.05, 3.63) is 47.8 Å². The zero-order valence-corrected chi connectivity index (χ0v) is 16.3. The van der Waals surface area contributed by atoms with Gasteiger partial charge in [0.2, 0.25) is 26.6 Å². The van der Waals surface area contributed by atoms with Gasteiger partial charge in [0.15, 0.2) is 0 Å². The fourth-order valence-corrected chi connectivity index (χ4v) is 4.36. The lowest BCUT2D eigenvalue weighted by atomic mass is 10.4. The average molecular weight is 392 g/mol. The van der Waals surface area contributed by atoms with E-state index >= 15 is 0 Å². The van der Waals surface area contributed by atoms with Gasteiger partial charge in [-0.2, -0.15) is 4.98 Å². The molecule has 3 aromatic rings. The van der Waals surface area contributed by atoms with Gasteiger partial charge in [-0.05, 0) is 50.6 Å². The van der Waals surface area contributed by atoms with Crippen LogP contribution in [0.25, 0.3) is 10.8 Å². The molecule has 0 aliphatic rings. The van der Waals surface area contributed by atoms with Crippen molar-refractivity contribution in [1.82, 2.24) is 9.88 Å². The van der Waals surface area contributed by atoms with Crippen molar-refractivity contribution in [2.75, 3.05) is 32.5 Å². The number of nitrogens with one attached hydrogen (secondary N) is 1. The molecular formula is C18H21N3O3S2. The Morgan fingerprint density at radius 2 is 1.92 bits per heavy atom. The minimum atomic E-state index is -3.77. The highest BCUT2D eigenvalue weighted by molar-refractivity contribution is 7.91. The summed E-state index contributed by atoms with van der Waals surface area (Å²) in [6.45, 7) is 1.48. The van der Waals surface area contributed by atoms with Gasteiger partial charge < -0.3 is 14.6 Å². The molecule has 0 atom stereocenters. The lowest BCUT2D eigenvalue weighted by Gasteiger charge is -2.10. The van der Waals surface area contributed by atoms with Crippen molar-refractivity contribution in [2.24, 2.45) is 0 Å². The lowest BCUT2D eigenvalue weighted by molar-refractivity contribution is 0.404. The van der Waals surface area contributed by atoms with Crippen molar-refractivity contribution < 1.29 is 12.8 Å². The number of oxazole rings is 1.